The number of rotatable bonds is 8. The average molecular weight is 547 g/mol. The van der Waals surface area contributed by atoms with E-state index in [1.165, 1.54) is 0 Å². The zero-order valence-electron chi connectivity index (χ0n) is 20.0. The number of hydrogen-bond donors (Lipinski definition) is 2. The highest BCUT2D eigenvalue weighted by molar-refractivity contribution is 9.10. The van der Waals surface area contributed by atoms with Crippen LogP contribution in [0.25, 0.3) is 5.57 Å². The van der Waals surface area contributed by atoms with Gasteiger partial charge < -0.3 is 20.1 Å². The molecule has 0 fully saturated rings. The Balaban J connectivity index is 1.44. The van der Waals surface area contributed by atoms with Crippen molar-refractivity contribution in [3.63, 3.8) is 0 Å². The van der Waals surface area contributed by atoms with Gasteiger partial charge in [-0.15, -0.1) is 0 Å². The van der Waals surface area contributed by atoms with E-state index in [1.807, 2.05) is 67.6 Å². The zero-order chi connectivity index (χ0) is 25.8. The highest BCUT2D eigenvalue weighted by atomic mass is 79.9. The Hall–Kier alpha value is -3.84. The van der Waals surface area contributed by atoms with Gasteiger partial charge in [0.05, 0.1) is 23.8 Å². The van der Waals surface area contributed by atoms with Gasteiger partial charge in [-0.1, -0.05) is 65.5 Å². The third-order valence-corrected chi connectivity index (χ3v) is 6.73. The molecule has 0 unspecified atom stereocenters. The number of aliphatic carboxylic acids is 1. The molecule has 3 aromatic rings. The number of amides is 1. The lowest BCUT2D eigenvalue weighted by atomic mass is 9.99. The smallest absolute Gasteiger partial charge is 0.335 e. The molecule has 184 valence electrons. The van der Waals surface area contributed by atoms with Gasteiger partial charge in [0, 0.05) is 16.6 Å². The normalized spacial score (nSPS) is 13.2. The second-order valence-corrected chi connectivity index (χ2v) is 9.57. The number of ether oxygens (including phenoxy) is 1. The zero-order valence-corrected chi connectivity index (χ0v) is 21.5. The summed E-state index contributed by atoms with van der Waals surface area (Å²) >= 11 is 3.43. The summed E-state index contributed by atoms with van der Waals surface area (Å²) in [6, 6.07) is 20.9. The number of nitrogens with zero attached hydrogens (tertiary/aromatic N) is 1. The molecular formula is C29H27BrN2O4. The van der Waals surface area contributed by atoms with Crippen LogP contribution in [0.2, 0.25) is 0 Å². The molecule has 0 radical (unpaired) electrons. The Kier molecular flexibility index (Phi) is 7.60. The molecule has 7 heteroatoms. The number of hydrogen-bond acceptors (Lipinski definition) is 4. The summed E-state index contributed by atoms with van der Waals surface area (Å²) in [5, 5.41) is 12.2. The minimum Gasteiger partial charge on any atom is -0.490 e. The highest BCUT2D eigenvalue weighted by Gasteiger charge is 2.21. The molecule has 4 rings (SSSR count). The van der Waals surface area contributed by atoms with Crippen LogP contribution in [-0.4, -0.2) is 30.1 Å². The average Bonchev–Trinajstić information content (AvgIpc) is 2.88. The molecule has 6 nitrogen and oxygen atoms in total. The molecule has 1 amide bonds. The van der Waals surface area contributed by atoms with Gasteiger partial charge in [-0.3, -0.25) is 4.79 Å². The quantitative estimate of drug-likeness (QED) is 0.268. The van der Waals surface area contributed by atoms with Crippen LogP contribution in [0.4, 0.5) is 5.69 Å². The molecule has 0 aromatic heterocycles. The molecule has 2 N–H and O–H groups in total. The van der Waals surface area contributed by atoms with Crippen molar-refractivity contribution in [3.05, 3.63) is 112 Å². The molecule has 1 heterocycles. The van der Waals surface area contributed by atoms with E-state index in [0.717, 1.165) is 26.9 Å². The van der Waals surface area contributed by atoms with Crippen molar-refractivity contribution in [2.75, 3.05) is 18.1 Å². The van der Waals surface area contributed by atoms with Crippen molar-refractivity contribution in [3.8, 4) is 5.75 Å². The molecular weight excluding hydrogens is 520 g/mol. The Bertz CT molecular complexity index is 1320. The Morgan fingerprint density at radius 1 is 1.06 bits per heavy atom. The van der Waals surface area contributed by atoms with Gasteiger partial charge in [0.25, 0.3) is 5.91 Å². The molecule has 0 saturated carbocycles. The molecule has 1 aliphatic rings. The first kappa shape index (κ1) is 25.3. The number of fused-ring (bicyclic) bond motifs is 1. The molecule has 0 aliphatic carbocycles. The fourth-order valence-electron chi connectivity index (χ4n) is 4.03. The fourth-order valence-corrected chi connectivity index (χ4v) is 4.30. The Labute approximate surface area is 219 Å². The van der Waals surface area contributed by atoms with Crippen LogP contribution in [-0.2, 0) is 11.3 Å². The summed E-state index contributed by atoms with van der Waals surface area (Å²) in [6.45, 7) is 11.2. The molecule has 0 spiro atoms. The van der Waals surface area contributed by atoms with E-state index in [2.05, 4.69) is 39.3 Å². The Morgan fingerprint density at radius 3 is 2.39 bits per heavy atom. The van der Waals surface area contributed by atoms with E-state index in [1.54, 1.807) is 6.07 Å². The molecule has 1 aliphatic heterocycles. The molecule has 3 aromatic carbocycles. The lowest BCUT2D eigenvalue weighted by Gasteiger charge is -2.31. The van der Waals surface area contributed by atoms with Crippen LogP contribution < -0.4 is 15.0 Å². The fraction of sp³-hybridized carbons (Fsp3) is 0.172. The van der Waals surface area contributed by atoms with Crippen molar-refractivity contribution in [1.29, 1.82) is 0 Å². The third kappa shape index (κ3) is 5.69. The maximum Gasteiger partial charge on any atom is 0.335 e. The van der Waals surface area contributed by atoms with E-state index < -0.39 is 5.97 Å². The largest absolute Gasteiger partial charge is 0.490 e. The standard InChI is InChI=1S/C29H27BrN2O4/c1-18(19(2)29(34)35)22-6-4-21(5-7-22)17-32-14-15-36-27-16-24(10-13-26(27)32)28(33)31-20(3)23-8-11-25(30)12-9-23/h4-13,16,20H,1-2,14-15,17H2,3H3,(H,31,33)(H,34,35)/t20-/m0/s1. The predicted octanol–water partition coefficient (Wildman–Crippen LogP) is 5.99. The topological polar surface area (TPSA) is 78.9 Å². The van der Waals surface area contributed by atoms with Crippen LogP contribution in [0, 0.1) is 0 Å². The van der Waals surface area contributed by atoms with Gasteiger partial charge in [-0.25, -0.2) is 4.79 Å². The summed E-state index contributed by atoms with van der Waals surface area (Å²) in [7, 11) is 0. The van der Waals surface area contributed by atoms with Crippen molar-refractivity contribution < 1.29 is 19.4 Å². The summed E-state index contributed by atoms with van der Waals surface area (Å²) in [6.07, 6.45) is 0. The van der Waals surface area contributed by atoms with Gasteiger partial charge in [0.15, 0.2) is 0 Å². The summed E-state index contributed by atoms with van der Waals surface area (Å²) < 4.78 is 6.87. The summed E-state index contributed by atoms with van der Waals surface area (Å²) in [5.74, 6) is -0.564. The molecule has 0 bridgehead atoms. The van der Waals surface area contributed by atoms with Crippen LogP contribution in [0.15, 0.2) is 89.9 Å². The Morgan fingerprint density at radius 2 is 1.72 bits per heavy atom. The minimum absolute atomic E-state index is 0.0177. The predicted molar refractivity (Wildman–Crippen MR) is 145 cm³/mol. The lowest BCUT2D eigenvalue weighted by Crippen LogP contribution is -2.32. The van der Waals surface area contributed by atoms with Gasteiger partial charge in [0.1, 0.15) is 12.4 Å². The van der Waals surface area contributed by atoms with Crippen molar-refractivity contribution in [1.82, 2.24) is 5.32 Å². The van der Waals surface area contributed by atoms with E-state index in [9.17, 15) is 9.59 Å². The van der Waals surface area contributed by atoms with Crippen molar-refractivity contribution >= 4 is 39.1 Å². The maximum absolute atomic E-state index is 12.9. The first-order valence-corrected chi connectivity index (χ1v) is 12.3. The van der Waals surface area contributed by atoms with E-state index in [0.29, 0.717) is 36.6 Å². The third-order valence-electron chi connectivity index (χ3n) is 6.20. The van der Waals surface area contributed by atoms with Crippen LogP contribution in [0.1, 0.15) is 40.0 Å². The molecule has 1 atom stereocenters. The van der Waals surface area contributed by atoms with Crippen LogP contribution >= 0.6 is 15.9 Å². The lowest BCUT2D eigenvalue weighted by molar-refractivity contribution is -0.132. The second-order valence-electron chi connectivity index (χ2n) is 8.66. The van der Waals surface area contributed by atoms with Crippen LogP contribution in [0.5, 0.6) is 5.75 Å². The monoisotopic (exact) mass is 546 g/mol. The second kappa shape index (κ2) is 10.8. The summed E-state index contributed by atoms with van der Waals surface area (Å²) in [4.78, 5) is 26.2. The number of carbonyl (C=O) groups excluding carboxylic acids is 1. The van der Waals surface area contributed by atoms with Gasteiger partial charge in [-0.2, -0.15) is 0 Å². The number of halogens is 1. The first-order valence-electron chi connectivity index (χ1n) is 11.5. The SMILES string of the molecule is C=C(C(=C)c1ccc(CN2CCOc3cc(C(=O)N[C@@H](C)c4ccc(Br)cc4)ccc32)cc1)C(=O)O. The number of anilines is 1. The number of nitrogens with one attached hydrogen (secondary N) is 1. The molecule has 0 saturated heterocycles. The minimum atomic E-state index is -1.08. The van der Waals surface area contributed by atoms with Gasteiger partial charge >= 0.3 is 5.97 Å². The number of carbonyl (C=O) groups is 2. The number of carboxylic acids is 1. The van der Waals surface area contributed by atoms with Crippen molar-refractivity contribution in [2.24, 2.45) is 0 Å². The number of benzene rings is 3. The van der Waals surface area contributed by atoms with E-state index >= 15 is 0 Å². The van der Waals surface area contributed by atoms with E-state index in [4.69, 9.17) is 9.84 Å². The number of carboxylic acid groups (broad SMARTS) is 1. The van der Waals surface area contributed by atoms with Gasteiger partial charge in [0.2, 0.25) is 0 Å². The van der Waals surface area contributed by atoms with E-state index in [-0.39, 0.29) is 17.5 Å². The molecule has 36 heavy (non-hydrogen) atoms. The summed E-state index contributed by atoms with van der Waals surface area (Å²) in [5.41, 5.74) is 4.65. The van der Waals surface area contributed by atoms with Gasteiger partial charge in [-0.05, 0) is 59.5 Å². The maximum atomic E-state index is 12.9. The van der Waals surface area contributed by atoms with Crippen LogP contribution in [0.3, 0.4) is 0 Å². The highest BCUT2D eigenvalue weighted by Crippen LogP contribution is 2.34. The first-order chi connectivity index (χ1) is 17.2. The van der Waals surface area contributed by atoms with Crippen molar-refractivity contribution in [2.45, 2.75) is 19.5 Å².